The second kappa shape index (κ2) is 7.63. The van der Waals surface area contributed by atoms with Crippen LogP contribution in [-0.2, 0) is 4.74 Å². The summed E-state index contributed by atoms with van der Waals surface area (Å²) in [6.45, 7) is 4.12. The van der Waals surface area contributed by atoms with Crippen LogP contribution in [0, 0.1) is 0 Å². The van der Waals surface area contributed by atoms with Gasteiger partial charge in [-0.3, -0.25) is 0 Å². The Morgan fingerprint density at radius 1 is 1.32 bits per heavy atom. The van der Waals surface area contributed by atoms with Crippen LogP contribution in [0.2, 0.25) is 0 Å². The summed E-state index contributed by atoms with van der Waals surface area (Å²) in [4.78, 5) is 0. The molecule has 2 nitrogen and oxygen atoms in total. The highest BCUT2D eigenvalue weighted by Crippen LogP contribution is 2.31. The lowest BCUT2D eigenvalue weighted by Crippen LogP contribution is -2.22. The maximum atomic E-state index is 5.18. The second-order valence-electron chi connectivity index (χ2n) is 4.83. The number of thiophene rings is 1. The minimum atomic E-state index is 0.442. The van der Waals surface area contributed by atoms with Gasteiger partial charge in [0.25, 0.3) is 0 Å². The quantitative estimate of drug-likeness (QED) is 0.723. The van der Waals surface area contributed by atoms with Crippen LogP contribution in [0.15, 0.2) is 29.6 Å². The first kappa shape index (κ1) is 14.5. The molecule has 0 spiro atoms. The minimum Gasteiger partial charge on any atom is -0.385 e. The van der Waals surface area contributed by atoms with Crippen LogP contribution in [-0.4, -0.2) is 20.3 Å². The number of ether oxygens (including phenoxy) is 1. The van der Waals surface area contributed by atoms with Crippen LogP contribution in [0.25, 0.3) is 10.1 Å². The van der Waals surface area contributed by atoms with Crippen LogP contribution in [0.4, 0.5) is 0 Å². The van der Waals surface area contributed by atoms with E-state index >= 15 is 0 Å². The first-order valence-electron chi connectivity index (χ1n) is 7.05. The zero-order valence-electron chi connectivity index (χ0n) is 11.8. The highest BCUT2D eigenvalue weighted by atomic mass is 32.1. The third kappa shape index (κ3) is 3.78. The van der Waals surface area contributed by atoms with Gasteiger partial charge >= 0.3 is 0 Å². The molecule has 0 aliphatic heterocycles. The molecule has 1 aromatic carbocycles. The van der Waals surface area contributed by atoms with E-state index in [4.69, 9.17) is 4.74 Å². The molecule has 19 heavy (non-hydrogen) atoms. The summed E-state index contributed by atoms with van der Waals surface area (Å²) in [6, 6.07) is 9.27. The molecule has 0 amide bonds. The fourth-order valence-corrected chi connectivity index (χ4v) is 3.38. The van der Waals surface area contributed by atoms with E-state index in [-0.39, 0.29) is 0 Å². The number of rotatable bonds is 8. The Morgan fingerprint density at radius 2 is 2.21 bits per heavy atom. The molecule has 1 aromatic heterocycles. The van der Waals surface area contributed by atoms with Crippen molar-refractivity contribution in [3.05, 3.63) is 35.2 Å². The number of fused-ring (bicyclic) bond motifs is 1. The highest BCUT2D eigenvalue weighted by molar-refractivity contribution is 7.17. The molecule has 0 fully saturated rings. The first-order valence-corrected chi connectivity index (χ1v) is 7.93. The minimum absolute atomic E-state index is 0.442. The van der Waals surface area contributed by atoms with E-state index in [2.05, 4.69) is 41.9 Å². The van der Waals surface area contributed by atoms with Crippen molar-refractivity contribution < 1.29 is 4.74 Å². The summed E-state index contributed by atoms with van der Waals surface area (Å²) >= 11 is 1.84. The van der Waals surface area contributed by atoms with Crippen LogP contribution in [0.3, 0.4) is 0 Å². The molecule has 1 atom stereocenters. The van der Waals surface area contributed by atoms with Crippen molar-refractivity contribution in [2.45, 2.75) is 32.2 Å². The van der Waals surface area contributed by atoms with Crippen LogP contribution >= 0.6 is 11.3 Å². The molecule has 2 rings (SSSR count). The predicted molar refractivity (Wildman–Crippen MR) is 84.0 cm³/mol. The average molecular weight is 277 g/mol. The van der Waals surface area contributed by atoms with E-state index in [1.807, 2.05) is 11.3 Å². The van der Waals surface area contributed by atoms with Gasteiger partial charge in [-0.25, -0.2) is 0 Å². The van der Waals surface area contributed by atoms with E-state index in [1.54, 1.807) is 7.11 Å². The molecule has 3 heteroatoms. The van der Waals surface area contributed by atoms with Crippen molar-refractivity contribution in [3.8, 4) is 0 Å². The molecule has 0 bridgehead atoms. The summed E-state index contributed by atoms with van der Waals surface area (Å²) in [5.41, 5.74) is 1.44. The molecule has 0 saturated heterocycles. The van der Waals surface area contributed by atoms with Gasteiger partial charge in [-0.05, 0) is 48.2 Å². The van der Waals surface area contributed by atoms with E-state index in [0.29, 0.717) is 6.04 Å². The third-order valence-corrected chi connectivity index (χ3v) is 4.35. The summed E-state index contributed by atoms with van der Waals surface area (Å²) in [5, 5.41) is 7.22. The zero-order valence-corrected chi connectivity index (χ0v) is 12.6. The molecule has 0 aliphatic carbocycles. The maximum absolute atomic E-state index is 5.18. The van der Waals surface area contributed by atoms with Gasteiger partial charge in [0, 0.05) is 24.5 Å². The molecule has 0 aliphatic rings. The van der Waals surface area contributed by atoms with Gasteiger partial charge in [0.05, 0.1) is 0 Å². The van der Waals surface area contributed by atoms with Gasteiger partial charge in [-0.1, -0.05) is 25.1 Å². The molecule has 2 aromatic rings. The van der Waals surface area contributed by atoms with Crippen molar-refractivity contribution >= 4 is 21.4 Å². The molecule has 0 radical (unpaired) electrons. The molecule has 1 heterocycles. The Morgan fingerprint density at radius 3 is 3.00 bits per heavy atom. The van der Waals surface area contributed by atoms with Gasteiger partial charge in [0.1, 0.15) is 0 Å². The lowest BCUT2D eigenvalue weighted by Gasteiger charge is -2.19. The standard InChI is InChI=1S/C16H23NOS/c1-3-10-17-15(8-5-11-18-2)14-7-4-6-13-9-12-19-16(13)14/h4,6-7,9,12,15,17H,3,5,8,10-11H2,1-2H3. The van der Waals surface area contributed by atoms with Crippen molar-refractivity contribution in [1.29, 1.82) is 0 Å². The number of nitrogens with one attached hydrogen (secondary N) is 1. The van der Waals surface area contributed by atoms with Gasteiger partial charge in [0.15, 0.2) is 0 Å². The molecule has 1 N–H and O–H groups in total. The Bertz CT molecular complexity index is 494. The molecule has 0 saturated carbocycles. The van der Waals surface area contributed by atoms with Crippen LogP contribution in [0.1, 0.15) is 37.8 Å². The lowest BCUT2D eigenvalue weighted by molar-refractivity contribution is 0.189. The monoisotopic (exact) mass is 277 g/mol. The first-order chi connectivity index (χ1) is 9.36. The number of methoxy groups -OCH3 is 1. The lowest BCUT2D eigenvalue weighted by atomic mass is 10.0. The normalized spacial score (nSPS) is 12.9. The molecule has 1 unspecified atom stereocenters. The summed E-state index contributed by atoms with van der Waals surface area (Å²) in [7, 11) is 1.77. The topological polar surface area (TPSA) is 21.3 Å². The highest BCUT2D eigenvalue weighted by Gasteiger charge is 2.14. The Hall–Kier alpha value is -0.900. The van der Waals surface area contributed by atoms with Gasteiger partial charge in [0.2, 0.25) is 0 Å². The maximum Gasteiger partial charge on any atom is 0.0462 e. The van der Waals surface area contributed by atoms with E-state index in [1.165, 1.54) is 22.1 Å². The van der Waals surface area contributed by atoms with Crippen molar-refractivity contribution in [2.24, 2.45) is 0 Å². The van der Waals surface area contributed by atoms with Crippen LogP contribution in [0.5, 0.6) is 0 Å². The second-order valence-corrected chi connectivity index (χ2v) is 5.74. The summed E-state index contributed by atoms with van der Waals surface area (Å²) < 4.78 is 6.60. The van der Waals surface area contributed by atoms with E-state index < -0.39 is 0 Å². The number of benzene rings is 1. The fraction of sp³-hybridized carbons (Fsp3) is 0.500. The number of hydrogen-bond donors (Lipinski definition) is 1. The SMILES string of the molecule is CCCNC(CCCOC)c1cccc2ccsc12. The van der Waals surface area contributed by atoms with Crippen molar-refractivity contribution in [2.75, 3.05) is 20.3 Å². The number of hydrogen-bond acceptors (Lipinski definition) is 3. The largest absolute Gasteiger partial charge is 0.385 e. The van der Waals surface area contributed by atoms with Gasteiger partial charge < -0.3 is 10.1 Å². The van der Waals surface area contributed by atoms with Crippen molar-refractivity contribution in [3.63, 3.8) is 0 Å². The smallest absolute Gasteiger partial charge is 0.0462 e. The van der Waals surface area contributed by atoms with E-state index in [9.17, 15) is 0 Å². The van der Waals surface area contributed by atoms with Crippen LogP contribution < -0.4 is 5.32 Å². The zero-order chi connectivity index (χ0) is 13.5. The Kier molecular flexibility index (Phi) is 5.83. The average Bonchev–Trinajstić information content (AvgIpc) is 2.91. The molecular weight excluding hydrogens is 254 g/mol. The van der Waals surface area contributed by atoms with Crippen molar-refractivity contribution in [1.82, 2.24) is 5.32 Å². The fourth-order valence-electron chi connectivity index (χ4n) is 2.41. The Labute approximate surface area is 119 Å². The molecule has 104 valence electrons. The Balaban J connectivity index is 2.17. The van der Waals surface area contributed by atoms with Gasteiger partial charge in [-0.2, -0.15) is 0 Å². The summed E-state index contributed by atoms with van der Waals surface area (Å²) in [6.07, 6.45) is 3.39. The summed E-state index contributed by atoms with van der Waals surface area (Å²) in [5.74, 6) is 0. The predicted octanol–water partition coefficient (Wildman–Crippen LogP) is 4.37. The van der Waals surface area contributed by atoms with E-state index in [0.717, 1.165) is 26.0 Å². The van der Waals surface area contributed by atoms with Gasteiger partial charge in [-0.15, -0.1) is 11.3 Å². The third-order valence-electron chi connectivity index (χ3n) is 3.37. The molecular formula is C16H23NOS.